The van der Waals surface area contributed by atoms with Crippen molar-refractivity contribution in [2.75, 3.05) is 0 Å². The van der Waals surface area contributed by atoms with Crippen molar-refractivity contribution < 1.29 is 5.11 Å². The first-order valence-electron chi connectivity index (χ1n) is 3.75. The number of rotatable bonds is 1. The van der Waals surface area contributed by atoms with Gasteiger partial charge in [0.2, 0.25) is 0 Å². The highest BCUT2D eigenvalue weighted by Crippen LogP contribution is 2.19. The van der Waals surface area contributed by atoms with Crippen molar-refractivity contribution in [2.45, 2.75) is 26.4 Å². The summed E-state index contributed by atoms with van der Waals surface area (Å²) in [6, 6.07) is 0. The van der Waals surface area contributed by atoms with E-state index in [2.05, 4.69) is 19.9 Å². The summed E-state index contributed by atoms with van der Waals surface area (Å²) in [5.41, 5.74) is 1.34. The molecule has 1 aliphatic rings. The molecule has 1 nitrogen and oxygen atoms in total. The SMILES string of the molecule is CC(C)C1=CC=CC(O)C1. The molecule has 0 aliphatic heterocycles. The van der Waals surface area contributed by atoms with E-state index in [1.54, 1.807) is 0 Å². The van der Waals surface area contributed by atoms with Crippen LogP contribution in [0.15, 0.2) is 23.8 Å². The van der Waals surface area contributed by atoms with Gasteiger partial charge in [-0.1, -0.05) is 37.6 Å². The Morgan fingerprint density at radius 3 is 2.70 bits per heavy atom. The number of aliphatic hydroxyl groups excluding tert-OH is 1. The number of allylic oxidation sites excluding steroid dienone is 2. The van der Waals surface area contributed by atoms with Crippen molar-refractivity contribution in [3.63, 3.8) is 0 Å². The van der Waals surface area contributed by atoms with Crippen LogP contribution in [-0.2, 0) is 0 Å². The Morgan fingerprint density at radius 2 is 2.30 bits per heavy atom. The van der Waals surface area contributed by atoms with Crippen LogP contribution in [0.25, 0.3) is 0 Å². The van der Waals surface area contributed by atoms with E-state index in [-0.39, 0.29) is 6.10 Å². The minimum Gasteiger partial charge on any atom is -0.389 e. The monoisotopic (exact) mass is 138 g/mol. The Morgan fingerprint density at radius 1 is 1.60 bits per heavy atom. The Kier molecular flexibility index (Phi) is 2.28. The molecule has 10 heavy (non-hydrogen) atoms. The van der Waals surface area contributed by atoms with Crippen LogP contribution in [0, 0.1) is 5.92 Å². The lowest BCUT2D eigenvalue weighted by Crippen LogP contribution is -2.09. The molecule has 0 aromatic carbocycles. The zero-order chi connectivity index (χ0) is 7.56. The van der Waals surface area contributed by atoms with Gasteiger partial charge in [-0.2, -0.15) is 0 Å². The van der Waals surface area contributed by atoms with Crippen LogP contribution < -0.4 is 0 Å². The summed E-state index contributed by atoms with van der Waals surface area (Å²) in [4.78, 5) is 0. The smallest absolute Gasteiger partial charge is 0.0761 e. The molecule has 0 radical (unpaired) electrons. The fourth-order valence-electron chi connectivity index (χ4n) is 1.11. The van der Waals surface area contributed by atoms with Crippen LogP contribution in [0.3, 0.4) is 0 Å². The third-order valence-corrected chi connectivity index (χ3v) is 1.83. The van der Waals surface area contributed by atoms with E-state index in [9.17, 15) is 5.11 Å². The average Bonchev–Trinajstić information content (AvgIpc) is 1.88. The maximum Gasteiger partial charge on any atom is 0.0761 e. The lowest BCUT2D eigenvalue weighted by atomic mass is 9.94. The highest BCUT2D eigenvalue weighted by molar-refractivity contribution is 5.21. The Balaban J connectivity index is 2.61. The third kappa shape index (κ3) is 1.71. The van der Waals surface area contributed by atoms with Crippen molar-refractivity contribution in [1.29, 1.82) is 0 Å². The molecular formula is C9H14O. The molecule has 1 aliphatic carbocycles. The van der Waals surface area contributed by atoms with Crippen LogP contribution in [0.1, 0.15) is 20.3 Å². The highest BCUT2D eigenvalue weighted by Gasteiger charge is 2.09. The lowest BCUT2D eigenvalue weighted by Gasteiger charge is -2.16. The Hall–Kier alpha value is -0.560. The molecule has 0 saturated carbocycles. The Bertz CT molecular complexity index is 166. The van der Waals surface area contributed by atoms with Gasteiger partial charge >= 0.3 is 0 Å². The quantitative estimate of drug-likeness (QED) is 0.586. The van der Waals surface area contributed by atoms with Crippen LogP contribution in [-0.4, -0.2) is 11.2 Å². The van der Waals surface area contributed by atoms with Gasteiger partial charge in [-0.25, -0.2) is 0 Å². The maximum atomic E-state index is 9.20. The van der Waals surface area contributed by atoms with Crippen molar-refractivity contribution in [1.82, 2.24) is 0 Å². The van der Waals surface area contributed by atoms with Gasteiger partial charge in [0.1, 0.15) is 0 Å². The topological polar surface area (TPSA) is 20.2 Å². The minimum absolute atomic E-state index is 0.248. The minimum atomic E-state index is -0.248. The van der Waals surface area contributed by atoms with Gasteiger partial charge < -0.3 is 5.11 Å². The summed E-state index contributed by atoms with van der Waals surface area (Å²) in [5.74, 6) is 0.569. The second-order valence-electron chi connectivity index (χ2n) is 3.05. The number of hydrogen-bond donors (Lipinski definition) is 1. The molecule has 1 N–H and O–H groups in total. The summed E-state index contributed by atoms with van der Waals surface area (Å²) < 4.78 is 0. The zero-order valence-electron chi connectivity index (χ0n) is 6.54. The fraction of sp³-hybridized carbons (Fsp3) is 0.556. The summed E-state index contributed by atoms with van der Waals surface area (Å²) in [5, 5.41) is 9.20. The van der Waals surface area contributed by atoms with Crippen molar-refractivity contribution in [3.8, 4) is 0 Å². The zero-order valence-corrected chi connectivity index (χ0v) is 6.54. The van der Waals surface area contributed by atoms with Gasteiger partial charge in [0.25, 0.3) is 0 Å². The molecule has 0 heterocycles. The molecule has 1 atom stereocenters. The molecule has 56 valence electrons. The van der Waals surface area contributed by atoms with Gasteiger partial charge in [-0.15, -0.1) is 0 Å². The first kappa shape index (κ1) is 7.55. The second-order valence-corrected chi connectivity index (χ2v) is 3.05. The summed E-state index contributed by atoms with van der Waals surface area (Å²) in [6.45, 7) is 4.30. The van der Waals surface area contributed by atoms with Crippen LogP contribution in [0.2, 0.25) is 0 Å². The molecule has 1 rings (SSSR count). The van der Waals surface area contributed by atoms with E-state index >= 15 is 0 Å². The molecule has 1 unspecified atom stereocenters. The molecule has 0 spiro atoms. The van der Waals surface area contributed by atoms with Crippen LogP contribution in [0.4, 0.5) is 0 Å². The standard InChI is InChI=1S/C9H14O/c1-7(2)8-4-3-5-9(10)6-8/h3-5,7,9-10H,6H2,1-2H3. The predicted molar refractivity (Wildman–Crippen MR) is 42.7 cm³/mol. The van der Waals surface area contributed by atoms with Gasteiger partial charge in [0, 0.05) is 0 Å². The predicted octanol–water partition coefficient (Wildman–Crippen LogP) is 1.89. The molecule has 0 aromatic rings. The molecule has 0 saturated heterocycles. The normalized spacial score (nSPS) is 25.2. The van der Waals surface area contributed by atoms with E-state index in [1.807, 2.05) is 12.2 Å². The summed E-state index contributed by atoms with van der Waals surface area (Å²) >= 11 is 0. The summed E-state index contributed by atoms with van der Waals surface area (Å²) in [6.07, 6.45) is 6.42. The van der Waals surface area contributed by atoms with Crippen molar-refractivity contribution in [2.24, 2.45) is 5.92 Å². The van der Waals surface area contributed by atoms with Gasteiger partial charge in [0.05, 0.1) is 6.10 Å². The molecule has 1 heteroatoms. The molecule has 0 bridgehead atoms. The first-order valence-corrected chi connectivity index (χ1v) is 3.75. The van der Waals surface area contributed by atoms with E-state index < -0.39 is 0 Å². The van der Waals surface area contributed by atoms with Crippen LogP contribution >= 0.6 is 0 Å². The largest absolute Gasteiger partial charge is 0.389 e. The van der Waals surface area contributed by atoms with Crippen molar-refractivity contribution >= 4 is 0 Å². The van der Waals surface area contributed by atoms with E-state index in [1.165, 1.54) is 5.57 Å². The molecule has 0 aromatic heterocycles. The van der Waals surface area contributed by atoms with Gasteiger partial charge in [-0.05, 0) is 12.3 Å². The van der Waals surface area contributed by atoms with Gasteiger partial charge in [-0.3, -0.25) is 0 Å². The number of aliphatic hydroxyl groups is 1. The fourth-order valence-corrected chi connectivity index (χ4v) is 1.11. The van der Waals surface area contributed by atoms with Crippen molar-refractivity contribution in [3.05, 3.63) is 23.8 Å². The van der Waals surface area contributed by atoms with E-state index in [0.717, 1.165) is 6.42 Å². The number of hydrogen-bond acceptors (Lipinski definition) is 1. The average molecular weight is 138 g/mol. The highest BCUT2D eigenvalue weighted by atomic mass is 16.3. The Labute approximate surface area is 62.1 Å². The third-order valence-electron chi connectivity index (χ3n) is 1.83. The van der Waals surface area contributed by atoms with E-state index in [0.29, 0.717) is 5.92 Å². The molecule has 0 amide bonds. The maximum absolute atomic E-state index is 9.20. The van der Waals surface area contributed by atoms with Gasteiger partial charge in [0.15, 0.2) is 0 Å². The van der Waals surface area contributed by atoms with Crippen LogP contribution in [0.5, 0.6) is 0 Å². The molecular weight excluding hydrogens is 124 g/mol. The summed E-state index contributed by atoms with van der Waals surface area (Å²) in [7, 11) is 0. The van der Waals surface area contributed by atoms with E-state index in [4.69, 9.17) is 0 Å². The molecule has 0 fully saturated rings. The first-order chi connectivity index (χ1) is 4.70. The second kappa shape index (κ2) is 3.02. The lowest BCUT2D eigenvalue weighted by molar-refractivity contribution is 0.218.